The fourth-order valence-corrected chi connectivity index (χ4v) is 3.38. The number of rotatable bonds is 5. The summed E-state index contributed by atoms with van der Waals surface area (Å²) in [7, 11) is 0. The van der Waals surface area contributed by atoms with Crippen LogP contribution in [0.25, 0.3) is 11.1 Å². The molecule has 0 heterocycles. The molecule has 0 aromatic heterocycles. The Labute approximate surface area is 165 Å². The lowest BCUT2D eigenvalue weighted by atomic mass is 9.90. The van der Waals surface area contributed by atoms with Gasteiger partial charge < -0.3 is 5.32 Å². The summed E-state index contributed by atoms with van der Waals surface area (Å²) < 4.78 is 0. The Kier molecular flexibility index (Phi) is 5.30. The van der Waals surface area contributed by atoms with Crippen LogP contribution in [0.3, 0.4) is 0 Å². The Morgan fingerprint density at radius 2 is 0.964 bits per heavy atom. The van der Waals surface area contributed by atoms with Gasteiger partial charge in [0.05, 0.1) is 5.92 Å². The molecular weight excluding hydrogens is 342 g/mol. The third-order valence-electron chi connectivity index (χ3n) is 4.79. The molecule has 4 aromatic carbocycles. The van der Waals surface area contributed by atoms with E-state index in [9.17, 15) is 4.79 Å². The van der Waals surface area contributed by atoms with E-state index < -0.39 is 0 Å². The van der Waals surface area contributed by atoms with E-state index in [0.717, 1.165) is 27.9 Å². The van der Waals surface area contributed by atoms with Gasteiger partial charge in [0.15, 0.2) is 0 Å². The van der Waals surface area contributed by atoms with Crippen LogP contribution in [0.15, 0.2) is 115 Å². The first-order valence-electron chi connectivity index (χ1n) is 9.37. The van der Waals surface area contributed by atoms with Gasteiger partial charge in [0.1, 0.15) is 0 Å². The molecule has 0 saturated heterocycles. The normalized spacial score (nSPS) is 10.6. The topological polar surface area (TPSA) is 29.1 Å². The van der Waals surface area contributed by atoms with Crippen molar-refractivity contribution in [2.45, 2.75) is 5.92 Å². The summed E-state index contributed by atoms with van der Waals surface area (Å²) in [6.07, 6.45) is 0. The van der Waals surface area contributed by atoms with Crippen LogP contribution < -0.4 is 5.32 Å². The number of amides is 1. The van der Waals surface area contributed by atoms with Crippen LogP contribution >= 0.6 is 0 Å². The molecule has 4 aromatic rings. The first kappa shape index (κ1) is 17.7. The number of carbonyl (C=O) groups is 1. The van der Waals surface area contributed by atoms with Gasteiger partial charge in [-0.2, -0.15) is 0 Å². The van der Waals surface area contributed by atoms with E-state index in [0.29, 0.717) is 0 Å². The molecule has 2 heteroatoms. The molecule has 1 N–H and O–H groups in total. The summed E-state index contributed by atoms with van der Waals surface area (Å²) in [6.45, 7) is 0. The van der Waals surface area contributed by atoms with Gasteiger partial charge in [0.25, 0.3) is 0 Å². The number of hydrogen-bond acceptors (Lipinski definition) is 1. The highest BCUT2D eigenvalue weighted by atomic mass is 16.1. The molecule has 1 amide bonds. The van der Waals surface area contributed by atoms with Gasteiger partial charge >= 0.3 is 0 Å². The molecule has 136 valence electrons. The van der Waals surface area contributed by atoms with Crippen molar-refractivity contribution in [2.24, 2.45) is 0 Å². The maximum atomic E-state index is 13.2. The third-order valence-corrected chi connectivity index (χ3v) is 4.79. The average Bonchev–Trinajstić information content (AvgIpc) is 2.77. The van der Waals surface area contributed by atoms with Gasteiger partial charge in [-0.1, -0.05) is 103 Å². The van der Waals surface area contributed by atoms with Crippen molar-refractivity contribution in [3.63, 3.8) is 0 Å². The van der Waals surface area contributed by atoms with Crippen molar-refractivity contribution >= 4 is 11.6 Å². The zero-order valence-corrected chi connectivity index (χ0v) is 15.5. The van der Waals surface area contributed by atoms with Crippen molar-refractivity contribution in [2.75, 3.05) is 5.32 Å². The van der Waals surface area contributed by atoms with Crippen molar-refractivity contribution in [1.29, 1.82) is 0 Å². The Morgan fingerprint density at radius 3 is 1.46 bits per heavy atom. The van der Waals surface area contributed by atoms with E-state index >= 15 is 0 Å². The summed E-state index contributed by atoms with van der Waals surface area (Å²) >= 11 is 0. The molecule has 0 spiro atoms. The quantitative estimate of drug-likeness (QED) is 0.454. The lowest BCUT2D eigenvalue weighted by Gasteiger charge is -2.18. The van der Waals surface area contributed by atoms with E-state index in [1.807, 2.05) is 103 Å². The van der Waals surface area contributed by atoms with Crippen molar-refractivity contribution < 1.29 is 4.79 Å². The summed E-state index contributed by atoms with van der Waals surface area (Å²) in [5.41, 5.74) is 5.04. The van der Waals surface area contributed by atoms with E-state index in [2.05, 4.69) is 17.4 Å². The summed E-state index contributed by atoms with van der Waals surface area (Å²) in [4.78, 5) is 13.2. The standard InChI is InChI=1S/C26H21NO/c28-26(25(22-12-6-2-7-13-22)23-14-8-3-9-15-23)27-24-18-16-21(17-19-24)20-10-4-1-5-11-20/h1-19,25H,(H,27,28). The Balaban J connectivity index is 1.58. The minimum Gasteiger partial charge on any atom is -0.325 e. The molecule has 2 nitrogen and oxygen atoms in total. The molecule has 28 heavy (non-hydrogen) atoms. The van der Waals surface area contributed by atoms with Gasteiger partial charge in [-0.3, -0.25) is 4.79 Å². The molecule has 0 aliphatic heterocycles. The molecule has 0 aliphatic carbocycles. The van der Waals surface area contributed by atoms with Crippen LogP contribution in [0.4, 0.5) is 5.69 Å². The molecule has 4 rings (SSSR count). The van der Waals surface area contributed by atoms with Gasteiger partial charge in [-0.25, -0.2) is 0 Å². The molecule has 0 bridgehead atoms. The highest BCUT2D eigenvalue weighted by Gasteiger charge is 2.22. The highest BCUT2D eigenvalue weighted by molar-refractivity contribution is 5.98. The molecular formula is C26H21NO. The molecule has 0 saturated carbocycles. The number of carbonyl (C=O) groups excluding carboxylic acids is 1. The molecule has 0 radical (unpaired) electrons. The molecule has 0 atom stereocenters. The molecule has 0 aliphatic rings. The fourth-order valence-electron chi connectivity index (χ4n) is 3.38. The number of nitrogens with one attached hydrogen (secondary N) is 1. The second-order valence-corrected chi connectivity index (χ2v) is 6.69. The second-order valence-electron chi connectivity index (χ2n) is 6.69. The van der Waals surface area contributed by atoms with Crippen LogP contribution in [0.2, 0.25) is 0 Å². The van der Waals surface area contributed by atoms with Crippen LogP contribution in [0, 0.1) is 0 Å². The maximum absolute atomic E-state index is 13.2. The number of hydrogen-bond donors (Lipinski definition) is 1. The third kappa shape index (κ3) is 4.02. The Bertz CT molecular complexity index is 987. The zero-order chi connectivity index (χ0) is 19.2. The van der Waals surface area contributed by atoms with Gasteiger partial charge in [-0.15, -0.1) is 0 Å². The lowest BCUT2D eigenvalue weighted by Crippen LogP contribution is -2.22. The van der Waals surface area contributed by atoms with Crippen molar-refractivity contribution in [1.82, 2.24) is 0 Å². The van der Waals surface area contributed by atoms with Crippen molar-refractivity contribution in [3.05, 3.63) is 126 Å². The van der Waals surface area contributed by atoms with Gasteiger partial charge in [0, 0.05) is 5.69 Å². The first-order valence-corrected chi connectivity index (χ1v) is 9.37. The summed E-state index contributed by atoms with van der Waals surface area (Å²) in [5.74, 6) is -0.388. The second kappa shape index (κ2) is 8.36. The maximum Gasteiger partial charge on any atom is 0.236 e. The predicted octanol–water partition coefficient (Wildman–Crippen LogP) is 6.12. The highest BCUT2D eigenvalue weighted by Crippen LogP contribution is 2.27. The van der Waals surface area contributed by atoms with Crippen molar-refractivity contribution in [3.8, 4) is 11.1 Å². The SMILES string of the molecule is O=C(Nc1ccc(-c2ccccc2)cc1)C(c1ccccc1)c1ccccc1. The first-order chi connectivity index (χ1) is 13.8. The van der Waals surface area contributed by atoms with Gasteiger partial charge in [-0.05, 0) is 34.4 Å². The molecule has 0 fully saturated rings. The monoisotopic (exact) mass is 363 g/mol. The largest absolute Gasteiger partial charge is 0.325 e. The minimum atomic E-state index is -0.351. The minimum absolute atomic E-state index is 0.0372. The van der Waals surface area contributed by atoms with E-state index in [1.54, 1.807) is 0 Å². The van der Waals surface area contributed by atoms with Crippen LogP contribution in [-0.4, -0.2) is 5.91 Å². The Morgan fingerprint density at radius 1 is 0.536 bits per heavy atom. The smallest absolute Gasteiger partial charge is 0.236 e. The van der Waals surface area contributed by atoms with Crippen LogP contribution in [-0.2, 0) is 4.79 Å². The number of anilines is 1. The predicted molar refractivity (Wildman–Crippen MR) is 115 cm³/mol. The Hall–Kier alpha value is -3.65. The zero-order valence-electron chi connectivity index (χ0n) is 15.5. The van der Waals surface area contributed by atoms with Gasteiger partial charge in [0.2, 0.25) is 5.91 Å². The van der Waals surface area contributed by atoms with Crippen LogP contribution in [0.1, 0.15) is 17.0 Å². The summed E-state index contributed by atoms with van der Waals surface area (Å²) in [5, 5.41) is 3.08. The fraction of sp³-hybridized carbons (Fsp3) is 0.0385. The van der Waals surface area contributed by atoms with Crippen LogP contribution in [0.5, 0.6) is 0 Å². The lowest BCUT2D eigenvalue weighted by molar-refractivity contribution is -0.116. The number of benzene rings is 4. The van der Waals surface area contributed by atoms with E-state index in [1.165, 1.54) is 0 Å². The van der Waals surface area contributed by atoms with E-state index in [4.69, 9.17) is 0 Å². The molecule has 0 unspecified atom stereocenters. The van der Waals surface area contributed by atoms with E-state index in [-0.39, 0.29) is 11.8 Å². The summed E-state index contributed by atoms with van der Waals surface area (Å²) in [6, 6.07) is 37.9. The average molecular weight is 363 g/mol.